The zero-order valence-corrected chi connectivity index (χ0v) is 9.02. The standard InChI is InChI=1S/C11H14OS/c1-8(2)13-11(12)10-6-4-9(3)5-7-10/h4-8H,1-3H3. The van der Waals surface area contributed by atoms with Crippen LogP contribution in [0, 0.1) is 6.92 Å². The zero-order chi connectivity index (χ0) is 9.84. The van der Waals surface area contributed by atoms with Crippen LogP contribution in [0.3, 0.4) is 0 Å². The fourth-order valence-electron chi connectivity index (χ4n) is 0.972. The number of benzene rings is 1. The minimum Gasteiger partial charge on any atom is -0.282 e. The molecule has 70 valence electrons. The van der Waals surface area contributed by atoms with Gasteiger partial charge in [0.2, 0.25) is 5.12 Å². The lowest BCUT2D eigenvalue weighted by Crippen LogP contribution is -1.98. The zero-order valence-electron chi connectivity index (χ0n) is 8.20. The van der Waals surface area contributed by atoms with Crippen LogP contribution in [0.25, 0.3) is 0 Å². The van der Waals surface area contributed by atoms with E-state index in [4.69, 9.17) is 0 Å². The molecule has 0 amide bonds. The first-order valence-corrected chi connectivity index (χ1v) is 5.25. The summed E-state index contributed by atoms with van der Waals surface area (Å²) in [7, 11) is 0. The molecule has 0 N–H and O–H groups in total. The number of hydrogen-bond donors (Lipinski definition) is 0. The molecule has 0 atom stereocenters. The van der Waals surface area contributed by atoms with E-state index in [0.29, 0.717) is 5.25 Å². The Bertz CT molecular complexity index is 287. The van der Waals surface area contributed by atoms with Crippen molar-refractivity contribution in [3.05, 3.63) is 35.4 Å². The molecule has 0 aliphatic heterocycles. The molecule has 0 bridgehead atoms. The number of carbonyl (C=O) groups is 1. The maximum atomic E-state index is 11.5. The molecular weight excluding hydrogens is 180 g/mol. The van der Waals surface area contributed by atoms with Crippen molar-refractivity contribution in [2.24, 2.45) is 0 Å². The van der Waals surface area contributed by atoms with E-state index in [0.717, 1.165) is 5.56 Å². The normalized spacial score (nSPS) is 10.5. The molecule has 0 unspecified atom stereocenters. The Kier molecular flexibility index (Phi) is 3.55. The molecule has 0 spiro atoms. The Labute approximate surface area is 83.5 Å². The Hall–Kier alpha value is -0.760. The van der Waals surface area contributed by atoms with Crippen molar-refractivity contribution in [3.63, 3.8) is 0 Å². The summed E-state index contributed by atoms with van der Waals surface area (Å²) in [6.45, 7) is 6.07. The lowest BCUT2D eigenvalue weighted by molar-refractivity contribution is 0.108. The van der Waals surface area contributed by atoms with Crippen molar-refractivity contribution < 1.29 is 4.79 Å². The third kappa shape index (κ3) is 3.23. The van der Waals surface area contributed by atoms with E-state index in [2.05, 4.69) is 0 Å². The van der Waals surface area contributed by atoms with E-state index < -0.39 is 0 Å². The summed E-state index contributed by atoms with van der Waals surface area (Å²) < 4.78 is 0. The molecule has 0 aliphatic rings. The van der Waals surface area contributed by atoms with Crippen LogP contribution in [0.4, 0.5) is 0 Å². The summed E-state index contributed by atoms with van der Waals surface area (Å²) in [4.78, 5) is 11.5. The first-order valence-electron chi connectivity index (χ1n) is 4.37. The van der Waals surface area contributed by atoms with Crippen LogP contribution in [0.15, 0.2) is 24.3 Å². The van der Waals surface area contributed by atoms with E-state index in [-0.39, 0.29) is 5.12 Å². The van der Waals surface area contributed by atoms with Gasteiger partial charge in [-0.05, 0) is 6.92 Å². The topological polar surface area (TPSA) is 17.1 Å². The molecule has 1 rings (SSSR count). The second-order valence-electron chi connectivity index (χ2n) is 3.32. The highest BCUT2D eigenvalue weighted by Crippen LogP contribution is 2.17. The highest BCUT2D eigenvalue weighted by atomic mass is 32.2. The van der Waals surface area contributed by atoms with Crippen LogP contribution in [-0.2, 0) is 0 Å². The molecule has 0 radical (unpaired) electrons. The van der Waals surface area contributed by atoms with E-state index in [1.54, 1.807) is 0 Å². The third-order valence-electron chi connectivity index (χ3n) is 1.63. The van der Waals surface area contributed by atoms with Gasteiger partial charge in [-0.2, -0.15) is 0 Å². The maximum Gasteiger partial charge on any atom is 0.219 e. The SMILES string of the molecule is Cc1ccc(C(=O)SC(C)C)cc1. The monoisotopic (exact) mass is 194 g/mol. The fourth-order valence-corrected chi connectivity index (χ4v) is 1.67. The van der Waals surface area contributed by atoms with Gasteiger partial charge >= 0.3 is 0 Å². The second kappa shape index (κ2) is 4.47. The molecule has 13 heavy (non-hydrogen) atoms. The van der Waals surface area contributed by atoms with Gasteiger partial charge < -0.3 is 0 Å². The molecule has 0 aliphatic carbocycles. The molecule has 0 heterocycles. The molecule has 0 aromatic heterocycles. The number of hydrogen-bond acceptors (Lipinski definition) is 2. The highest BCUT2D eigenvalue weighted by molar-refractivity contribution is 8.14. The maximum absolute atomic E-state index is 11.5. The summed E-state index contributed by atoms with van der Waals surface area (Å²) in [6.07, 6.45) is 0. The number of thioether (sulfide) groups is 1. The minimum absolute atomic E-state index is 0.162. The molecular formula is C11H14OS. The summed E-state index contributed by atoms with van der Waals surface area (Å²) in [5.41, 5.74) is 1.98. The summed E-state index contributed by atoms with van der Waals surface area (Å²) >= 11 is 1.37. The van der Waals surface area contributed by atoms with Gasteiger partial charge in [-0.1, -0.05) is 55.4 Å². The van der Waals surface area contributed by atoms with Crippen molar-refractivity contribution >= 4 is 16.9 Å². The van der Waals surface area contributed by atoms with Crippen LogP contribution in [-0.4, -0.2) is 10.4 Å². The molecule has 1 nitrogen and oxygen atoms in total. The Balaban J connectivity index is 2.72. The van der Waals surface area contributed by atoms with Gasteiger partial charge in [0.05, 0.1) is 0 Å². The van der Waals surface area contributed by atoms with E-state index in [1.807, 2.05) is 45.0 Å². The van der Waals surface area contributed by atoms with Crippen molar-refractivity contribution in [2.45, 2.75) is 26.0 Å². The second-order valence-corrected chi connectivity index (χ2v) is 4.87. The van der Waals surface area contributed by atoms with Crippen molar-refractivity contribution in [2.75, 3.05) is 0 Å². The predicted octanol–water partition coefficient (Wildman–Crippen LogP) is 3.28. The average Bonchev–Trinajstić information content (AvgIpc) is 2.04. The lowest BCUT2D eigenvalue weighted by atomic mass is 10.2. The number of rotatable bonds is 2. The molecule has 0 fully saturated rings. The molecule has 0 saturated carbocycles. The van der Waals surface area contributed by atoms with Crippen LogP contribution < -0.4 is 0 Å². The largest absolute Gasteiger partial charge is 0.282 e. The van der Waals surface area contributed by atoms with Gasteiger partial charge in [0.15, 0.2) is 0 Å². The predicted molar refractivity (Wildman–Crippen MR) is 58.2 cm³/mol. The van der Waals surface area contributed by atoms with Crippen molar-refractivity contribution in [1.82, 2.24) is 0 Å². The van der Waals surface area contributed by atoms with Gasteiger partial charge in [0, 0.05) is 10.8 Å². The molecule has 2 heteroatoms. The fraction of sp³-hybridized carbons (Fsp3) is 0.364. The quantitative estimate of drug-likeness (QED) is 0.718. The van der Waals surface area contributed by atoms with Gasteiger partial charge in [-0.25, -0.2) is 0 Å². The molecule has 1 aromatic carbocycles. The summed E-state index contributed by atoms with van der Waals surface area (Å²) in [5.74, 6) is 0. The first-order chi connectivity index (χ1) is 6.09. The first kappa shape index (κ1) is 10.3. The van der Waals surface area contributed by atoms with Crippen LogP contribution >= 0.6 is 11.8 Å². The lowest BCUT2D eigenvalue weighted by Gasteiger charge is -2.03. The van der Waals surface area contributed by atoms with E-state index in [1.165, 1.54) is 17.3 Å². The molecule has 1 aromatic rings. The average molecular weight is 194 g/mol. The van der Waals surface area contributed by atoms with Crippen molar-refractivity contribution in [3.8, 4) is 0 Å². The third-order valence-corrected chi connectivity index (χ3v) is 2.55. The van der Waals surface area contributed by atoms with Crippen LogP contribution in [0.5, 0.6) is 0 Å². The van der Waals surface area contributed by atoms with Gasteiger partial charge in [-0.3, -0.25) is 4.79 Å². The highest BCUT2D eigenvalue weighted by Gasteiger charge is 2.07. The molecule has 0 saturated heterocycles. The number of aryl methyl sites for hydroxylation is 1. The van der Waals surface area contributed by atoms with Crippen LogP contribution in [0.2, 0.25) is 0 Å². The Morgan fingerprint density at radius 2 is 1.77 bits per heavy atom. The van der Waals surface area contributed by atoms with E-state index >= 15 is 0 Å². The van der Waals surface area contributed by atoms with Gasteiger partial charge in [-0.15, -0.1) is 0 Å². The smallest absolute Gasteiger partial charge is 0.219 e. The number of carbonyl (C=O) groups excluding carboxylic acids is 1. The Morgan fingerprint density at radius 1 is 1.23 bits per heavy atom. The Morgan fingerprint density at radius 3 is 2.23 bits per heavy atom. The van der Waals surface area contributed by atoms with Crippen LogP contribution in [0.1, 0.15) is 29.8 Å². The summed E-state index contributed by atoms with van der Waals surface area (Å²) in [6, 6.07) is 7.70. The minimum atomic E-state index is 0.162. The van der Waals surface area contributed by atoms with Crippen molar-refractivity contribution in [1.29, 1.82) is 0 Å². The van der Waals surface area contributed by atoms with Gasteiger partial charge in [0.25, 0.3) is 0 Å². The van der Waals surface area contributed by atoms with E-state index in [9.17, 15) is 4.79 Å². The summed E-state index contributed by atoms with van der Waals surface area (Å²) in [5, 5.41) is 0.517. The van der Waals surface area contributed by atoms with Gasteiger partial charge in [0.1, 0.15) is 0 Å².